The lowest BCUT2D eigenvalue weighted by molar-refractivity contribution is -0.129. The molecule has 0 spiro atoms. The topological polar surface area (TPSA) is 89.9 Å². The van der Waals surface area contributed by atoms with E-state index in [1.54, 1.807) is 31.2 Å². The van der Waals surface area contributed by atoms with Crippen molar-refractivity contribution < 1.29 is 23.9 Å². The van der Waals surface area contributed by atoms with Gasteiger partial charge in [-0.25, -0.2) is 4.79 Å². The van der Waals surface area contributed by atoms with Crippen molar-refractivity contribution in [3.63, 3.8) is 0 Å². The standard InChI is InChI=1S/C24H30ClN3O5/c1-7-28-15(3)18(23(16(28)4)24(31)33-8-2)10-12-22(30)27(5)14-21(29)26-19-13-17(25)9-11-20(19)32-6/h9-13H,7-8,14H2,1-6H3,(H,26,29)/b12-10+. The summed E-state index contributed by atoms with van der Waals surface area (Å²) in [6.07, 6.45) is 2.94. The number of nitrogens with zero attached hydrogens (tertiary/aromatic N) is 2. The predicted octanol–water partition coefficient (Wildman–Crippen LogP) is 4.07. The summed E-state index contributed by atoms with van der Waals surface area (Å²) < 4.78 is 12.4. The van der Waals surface area contributed by atoms with Crippen molar-refractivity contribution in [1.29, 1.82) is 0 Å². The maximum Gasteiger partial charge on any atom is 0.340 e. The van der Waals surface area contributed by atoms with Crippen molar-refractivity contribution in [2.75, 3.05) is 32.6 Å². The zero-order chi connectivity index (χ0) is 24.7. The first-order valence-electron chi connectivity index (χ1n) is 10.6. The van der Waals surface area contributed by atoms with E-state index in [9.17, 15) is 14.4 Å². The maximum absolute atomic E-state index is 12.7. The van der Waals surface area contributed by atoms with E-state index in [1.807, 2.05) is 25.3 Å². The molecule has 33 heavy (non-hydrogen) atoms. The van der Waals surface area contributed by atoms with Crippen LogP contribution in [0.4, 0.5) is 5.69 Å². The van der Waals surface area contributed by atoms with Crippen LogP contribution in [-0.4, -0.2) is 54.6 Å². The molecule has 1 heterocycles. The van der Waals surface area contributed by atoms with Gasteiger partial charge in [0.25, 0.3) is 0 Å². The number of aromatic nitrogens is 1. The van der Waals surface area contributed by atoms with Gasteiger partial charge in [0.15, 0.2) is 0 Å². The smallest absolute Gasteiger partial charge is 0.340 e. The Bertz CT molecular complexity index is 1070. The summed E-state index contributed by atoms with van der Waals surface area (Å²) in [5.41, 5.74) is 3.12. The molecule has 1 N–H and O–H groups in total. The Hall–Kier alpha value is -3.26. The Kier molecular flexibility index (Phi) is 9.11. The molecule has 1 aromatic carbocycles. The summed E-state index contributed by atoms with van der Waals surface area (Å²) in [7, 11) is 3.00. The molecular weight excluding hydrogens is 446 g/mol. The van der Waals surface area contributed by atoms with E-state index < -0.39 is 11.9 Å². The Morgan fingerprint density at radius 2 is 1.88 bits per heavy atom. The fraction of sp³-hybridized carbons (Fsp3) is 0.375. The molecule has 0 unspecified atom stereocenters. The Labute approximate surface area is 199 Å². The van der Waals surface area contributed by atoms with Crippen molar-refractivity contribution >= 4 is 41.1 Å². The minimum absolute atomic E-state index is 0.183. The highest BCUT2D eigenvalue weighted by atomic mass is 35.5. The highest BCUT2D eigenvalue weighted by molar-refractivity contribution is 6.31. The van der Waals surface area contributed by atoms with Gasteiger partial charge in [-0.15, -0.1) is 0 Å². The zero-order valence-electron chi connectivity index (χ0n) is 19.8. The number of anilines is 1. The van der Waals surface area contributed by atoms with Gasteiger partial charge in [0.2, 0.25) is 11.8 Å². The zero-order valence-corrected chi connectivity index (χ0v) is 20.6. The number of hydrogen-bond acceptors (Lipinski definition) is 5. The van der Waals surface area contributed by atoms with E-state index >= 15 is 0 Å². The van der Waals surface area contributed by atoms with Crippen LogP contribution in [0, 0.1) is 13.8 Å². The number of ether oxygens (including phenoxy) is 2. The van der Waals surface area contributed by atoms with Crippen LogP contribution in [0.15, 0.2) is 24.3 Å². The first kappa shape index (κ1) is 26.0. The second kappa shape index (κ2) is 11.6. The molecule has 0 saturated heterocycles. The lowest BCUT2D eigenvalue weighted by Gasteiger charge is -2.16. The largest absolute Gasteiger partial charge is 0.495 e. The first-order valence-corrected chi connectivity index (χ1v) is 11.0. The van der Waals surface area contributed by atoms with E-state index in [-0.39, 0.29) is 19.1 Å². The molecule has 0 aliphatic carbocycles. The highest BCUT2D eigenvalue weighted by Crippen LogP contribution is 2.28. The number of carbonyl (C=O) groups excluding carboxylic acids is 3. The lowest BCUT2D eigenvalue weighted by atomic mass is 10.1. The summed E-state index contributed by atoms with van der Waals surface area (Å²) in [6, 6.07) is 4.86. The number of carbonyl (C=O) groups is 3. The minimum atomic E-state index is -0.430. The van der Waals surface area contributed by atoms with E-state index in [2.05, 4.69) is 5.32 Å². The number of amides is 2. The molecule has 0 bridgehead atoms. The van der Waals surface area contributed by atoms with Gasteiger partial charge >= 0.3 is 5.97 Å². The number of rotatable bonds is 9. The monoisotopic (exact) mass is 475 g/mol. The summed E-state index contributed by atoms with van der Waals surface area (Å²) in [4.78, 5) is 38.9. The Morgan fingerprint density at radius 3 is 2.48 bits per heavy atom. The van der Waals surface area contributed by atoms with Crippen LogP contribution in [0.2, 0.25) is 5.02 Å². The van der Waals surface area contributed by atoms with Crippen LogP contribution >= 0.6 is 11.6 Å². The average Bonchev–Trinajstić information content (AvgIpc) is 3.00. The van der Waals surface area contributed by atoms with Gasteiger partial charge < -0.3 is 24.3 Å². The second-order valence-corrected chi connectivity index (χ2v) is 7.78. The highest BCUT2D eigenvalue weighted by Gasteiger charge is 2.22. The van der Waals surface area contributed by atoms with Gasteiger partial charge in [-0.1, -0.05) is 11.6 Å². The number of nitrogens with one attached hydrogen (secondary N) is 1. The number of benzene rings is 1. The molecule has 0 radical (unpaired) electrons. The average molecular weight is 476 g/mol. The quantitative estimate of drug-likeness (QED) is 0.436. The van der Waals surface area contributed by atoms with Gasteiger partial charge in [-0.05, 0) is 52.0 Å². The fourth-order valence-electron chi connectivity index (χ4n) is 3.59. The predicted molar refractivity (Wildman–Crippen MR) is 129 cm³/mol. The SMILES string of the molecule is CCOC(=O)c1c(/C=C/C(=O)N(C)CC(=O)Nc2cc(Cl)ccc2OC)c(C)n(CC)c1C. The summed E-state index contributed by atoms with van der Waals surface area (Å²) in [5.74, 6) is -0.768. The normalized spacial score (nSPS) is 10.9. The third-order valence-electron chi connectivity index (χ3n) is 5.21. The van der Waals surface area contributed by atoms with Crippen molar-refractivity contribution in [3.8, 4) is 5.75 Å². The van der Waals surface area contributed by atoms with E-state index in [4.69, 9.17) is 21.1 Å². The van der Waals surface area contributed by atoms with E-state index in [0.717, 1.165) is 11.4 Å². The molecule has 178 valence electrons. The second-order valence-electron chi connectivity index (χ2n) is 7.34. The number of esters is 1. The Morgan fingerprint density at radius 1 is 1.18 bits per heavy atom. The first-order chi connectivity index (χ1) is 15.6. The van der Waals surface area contributed by atoms with Gasteiger partial charge in [0.05, 0.1) is 31.5 Å². The number of halogens is 1. The minimum Gasteiger partial charge on any atom is -0.495 e. The molecule has 0 fully saturated rings. The molecule has 2 amide bonds. The lowest BCUT2D eigenvalue weighted by Crippen LogP contribution is -2.33. The van der Waals surface area contributed by atoms with E-state index in [0.29, 0.717) is 34.1 Å². The molecule has 1 aromatic heterocycles. The molecule has 8 nitrogen and oxygen atoms in total. The Balaban J connectivity index is 2.16. The van der Waals surface area contributed by atoms with Gasteiger partial charge in [-0.2, -0.15) is 0 Å². The third kappa shape index (κ3) is 6.16. The van der Waals surface area contributed by atoms with Crippen LogP contribution in [-0.2, 0) is 20.9 Å². The van der Waals surface area contributed by atoms with E-state index in [1.165, 1.54) is 25.1 Å². The van der Waals surface area contributed by atoms with Crippen LogP contribution < -0.4 is 10.1 Å². The van der Waals surface area contributed by atoms with Crippen molar-refractivity contribution in [3.05, 3.63) is 51.8 Å². The molecule has 0 aliphatic rings. The molecule has 2 aromatic rings. The molecule has 0 atom stereocenters. The number of hydrogen-bond donors (Lipinski definition) is 1. The van der Waals surface area contributed by atoms with Crippen molar-refractivity contribution in [2.45, 2.75) is 34.2 Å². The molecule has 9 heteroatoms. The summed E-state index contributed by atoms with van der Waals surface area (Å²) in [6.45, 7) is 8.22. The van der Waals surface area contributed by atoms with Crippen LogP contribution in [0.5, 0.6) is 5.75 Å². The maximum atomic E-state index is 12.7. The van der Waals surface area contributed by atoms with Gasteiger partial charge in [-0.3, -0.25) is 9.59 Å². The summed E-state index contributed by atoms with van der Waals surface area (Å²) >= 11 is 5.99. The molecule has 2 rings (SSSR count). The molecule has 0 aliphatic heterocycles. The number of likely N-dealkylation sites (N-methyl/N-ethyl adjacent to an activating group) is 1. The number of methoxy groups -OCH3 is 1. The summed E-state index contributed by atoms with van der Waals surface area (Å²) in [5, 5.41) is 3.14. The fourth-order valence-corrected chi connectivity index (χ4v) is 3.76. The van der Waals surface area contributed by atoms with Crippen LogP contribution in [0.25, 0.3) is 6.08 Å². The molecular formula is C24H30ClN3O5. The van der Waals surface area contributed by atoms with Crippen molar-refractivity contribution in [1.82, 2.24) is 9.47 Å². The van der Waals surface area contributed by atoms with Gasteiger partial charge in [0.1, 0.15) is 5.75 Å². The van der Waals surface area contributed by atoms with Crippen LogP contribution in [0.3, 0.4) is 0 Å². The van der Waals surface area contributed by atoms with Crippen LogP contribution in [0.1, 0.15) is 41.2 Å². The van der Waals surface area contributed by atoms with Crippen molar-refractivity contribution in [2.24, 2.45) is 0 Å². The third-order valence-corrected chi connectivity index (χ3v) is 5.45. The molecule has 0 saturated carbocycles. The van der Waals surface area contributed by atoms with Gasteiger partial charge in [0, 0.05) is 41.6 Å².